The number of aromatic nitrogens is 2. The average molecular weight is 380 g/mol. The smallest absolute Gasteiger partial charge is 0.243 e. The molecule has 140 valence electrons. The summed E-state index contributed by atoms with van der Waals surface area (Å²) in [6.07, 6.45) is 3.32. The summed E-state index contributed by atoms with van der Waals surface area (Å²) < 4.78 is 0. The van der Waals surface area contributed by atoms with Gasteiger partial charge in [-0.05, 0) is 12.8 Å². The second-order valence-electron chi connectivity index (χ2n) is 6.58. The molecule has 8 nitrogen and oxygen atoms in total. The number of hydrazone groups is 1. The number of ketones is 1. The molecule has 1 atom stereocenters. The quantitative estimate of drug-likeness (QED) is 0.765. The number of aromatic amines is 1. The van der Waals surface area contributed by atoms with E-state index in [2.05, 4.69) is 15.1 Å². The number of anilines is 1. The van der Waals surface area contributed by atoms with Gasteiger partial charge in [0.25, 0.3) is 0 Å². The molecule has 3 rings (SSSR count). The average Bonchev–Trinajstić information content (AvgIpc) is 3.04. The van der Waals surface area contributed by atoms with Crippen LogP contribution in [0.2, 0.25) is 0 Å². The number of aryl methyl sites for hydroxylation is 1. The van der Waals surface area contributed by atoms with E-state index in [0.29, 0.717) is 61.2 Å². The van der Waals surface area contributed by atoms with Crippen molar-refractivity contribution in [1.82, 2.24) is 15.0 Å². The first-order valence-electron chi connectivity index (χ1n) is 8.86. The second kappa shape index (κ2) is 7.57. The van der Waals surface area contributed by atoms with E-state index in [1.807, 2.05) is 6.92 Å². The van der Waals surface area contributed by atoms with E-state index in [1.54, 1.807) is 7.05 Å². The monoisotopic (exact) mass is 379 g/mol. The molecular weight excluding hydrogens is 358 g/mol. The molecule has 2 aliphatic rings. The summed E-state index contributed by atoms with van der Waals surface area (Å²) in [5, 5.41) is 5.87. The van der Waals surface area contributed by atoms with Crippen LogP contribution >= 0.6 is 11.6 Å². The molecule has 9 heteroatoms. The number of hydrogen-bond acceptors (Lipinski definition) is 5. The third-order valence-electron chi connectivity index (χ3n) is 4.67. The van der Waals surface area contributed by atoms with Crippen LogP contribution in [0.1, 0.15) is 55.3 Å². The molecule has 0 fully saturated rings. The number of hydrogen-bond donors (Lipinski definition) is 1. The number of nitrogens with one attached hydrogen (secondary N) is 1. The lowest BCUT2D eigenvalue weighted by Gasteiger charge is -2.26. The Kier molecular flexibility index (Phi) is 5.41. The highest BCUT2D eigenvalue weighted by atomic mass is 35.5. The van der Waals surface area contributed by atoms with Crippen molar-refractivity contribution < 1.29 is 14.4 Å². The SMILES string of the molecule is CCCC1C(=O)c2[nH]c(CCCN3N=C(Cl)CCC3=O)nc2N(C)C1=O. The Morgan fingerprint density at radius 3 is 2.77 bits per heavy atom. The molecule has 0 saturated carbocycles. The zero-order valence-corrected chi connectivity index (χ0v) is 15.7. The third-order valence-corrected chi connectivity index (χ3v) is 4.93. The Balaban J connectivity index is 1.68. The summed E-state index contributed by atoms with van der Waals surface area (Å²) in [5.74, 6) is -0.0574. The molecule has 1 unspecified atom stereocenters. The van der Waals surface area contributed by atoms with E-state index in [-0.39, 0.29) is 17.6 Å². The van der Waals surface area contributed by atoms with Crippen LogP contribution in [-0.2, 0) is 16.0 Å². The highest BCUT2D eigenvalue weighted by Gasteiger charge is 2.39. The van der Waals surface area contributed by atoms with Gasteiger partial charge >= 0.3 is 0 Å². The van der Waals surface area contributed by atoms with Gasteiger partial charge in [-0.3, -0.25) is 19.3 Å². The van der Waals surface area contributed by atoms with Gasteiger partial charge in [-0.25, -0.2) is 9.99 Å². The molecule has 26 heavy (non-hydrogen) atoms. The molecule has 2 aliphatic heterocycles. The number of H-pyrrole nitrogens is 1. The maximum atomic E-state index is 12.6. The van der Waals surface area contributed by atoms with Crippen molar-refractivity contribution in [3.8, 4) is 0 Å². The van der Waals surface area contributed by atoms with Crippen LogP contribution in [0.25, 0.3) is 0 Å². The van der Waals surface area contributed by atoms with E-state index in [4.69, 9.17) is 11.6 Å². The number of carbonyl (C=O) groups excluding carboxylic acids is 3. The Morgan fingerprint density at radius 1 is 1.27 bits per heavy atom. The highest BCUT2D eigenvalue weighted by molar-refractivity contribution is 6.65. The second-order valence-corrected chi connectivity index (χ2v) is 7.02. The molecule has 0 aromatic carbocycles. The van der Waals surface area contributed by atoms with Crippen molar-refractivity contribution in [2.45, 2.75) is 45.4 Å². The number of Topliss-reactive ketones (excluding diaryl/α,β-unsaturated/α-hetero) is 1. The number of fused-ring (bicyclic) bond motifs is 1. The third kappa shape index (κ3) is 3.51. The fourth-order valence-electron chi connectivity index (χ4n) is 3.26. The Labute approximate surface area is 156 Å². The lowest BCUT2D eigenvalue weighted by Crippen LogP contribution is -2.42. The Bertz CT molecular complexity index is 772. The lowest BCUT2D eigenvalue weighted by molar-refractivity contribution is -0.131. The highest BCUT2D eigenvalue weighted by Crippen LogP contribution is 2.30. The number of carbonyl (C=O) groups is 3. The number of rotatable bonds is 6. The van der Waals surface area contributed by atoms with Gasteiger partial charge in [0.2, 0.25) is 11.8 Å². The van der Waals surface area contributed by atoms with E-state index < -0.39 is 5.92 Å². The molecule has 2 amide bonds. The number of amides is 2. The summed E-state index contributed by atoms with van der Waals surface area (Å²) in [6, 6.07) is 0. The molecule has 1 aromatic heterocycles. The first-order chi connectivity index (χ1) is 12.4. The summed E-state index contributed by atoms with van der Waals surface area (Å²) in [5.41, 5.74) is 0.399. The van der Waals surface area contributed by atoms with E-state index in [1.165, 1.54) is 9.91 Å². The Hall–Kier alpha value is -2.22. The van der Waals surface area contributed by atoms with E-state index in [9.17, 15) is 14.4 Å². The van der Waals surface area contributed by atoms with Gasteiger partial charge in [0.15, 0.2) is 11.6 Å². The van der Waals surface area contributed by atoms with Gasteiger partial charge in [0, 0.05) is 32.9 Å². The van der Waals surface area contributed by atoms with Crippen LogP contribution in [0.4, 0.5) is 5.82 Å². The summed E-state index contributed by atoms with van der Waals surface area (Å²) in [4.78, 5) is 45.7. The van der Waals surface area contributed by atoms with Crippen molar-refractivity contribution in [2.75, 3.05) is 18.5 Å². The molecule has 1 aromatic rings. The fourth-order valence-corrected chi connectivity index (χ4v) is 3.45. The Morgan fingerprint density at radius 2 is 2.04 bits per heavy atom. The number of nitrogens with zero attached hydrogens (tertiary/aromatic N) is 4. The predicted octanol–water partition coefficient (Wildman–Crippen LogP) is 2.09. The summed E-state index contributed by atoms with van der Waals surface area (Å²) in [7, 11) is 1.64. The molecule has 0 saturated heterocycles. The summed E-state index contributed by atoms with van der Waals surface area (Å²) in [6.45, 7) is 2.38. The summed E-state index contributed by atoms with van der Waals surface area (Å²) >= 11 is 5.89. The normalized spacial score (nSPS) is 20.5. The number of halogens is 1. The van der Waals surface area contributed by atoms with Crippen molar-refractivity contribution in [1.29, 1.82) is 0 Å². The molecule has 3 heterocycles. The largest absolute Gasteiger partial charge is 0.338 e. The predicted molar refractivity (Wildman–Crippen MR) is 97.3 cm³/mol. The zero-order valence-electron chi connectivity index (χ0n) is 14.9. The van der Waals surface area contributed by atoms with Crippen LogP contribution < -0.4 is 4.90 Å². The van der Waals surface area contributed by atoms with Gasteiger partial charge in [-0.1, -0.05) is 24.9 Å². The topological polar surface area (TPSA) is 98.7 Å². The van der Waals surface area contributed by atoms with Crippen LogP contribution in [0.3, 0.4) is 0 Å². The van der Waals surface area contributed by atoms with Gasteiger partial charge in [0.1, 0.15) is 22.6 Å². The molecule has 0 aliphatic carbocycles. The van der Waals surface area contributed by atoms with Crippen molar-refractivity contribution in [2.24, 2.45) is 11.0 Å². The molecular formula is C17H22ClN5O3. The van der Waals surface area contributed by atoms with Crippen LogP contribution in [0, 0.1) is 5.92 Å². The molecule has 1 N–H and O–H groups in total. The van der Waals surface area contributed by atoms with Gasteiger partial charge in [-0.2, -0.15) is 5.10 Å². The van der Waals surface area contributed by atoms with E-state index in [0.717, 1.165) is 6.42 Å². The van der Waals surface area contributed by atoms with Crippen molar-refractivity contribution >= 4 is 40.2 Å². The van der Waals surface area contributed by atoms with Crippen LogP contribution in [0.15, 0.2) is 5.10 Å². The van der Waals surface area contributed by atoms with Crippen LogP contribution in [-0.4, -0.2) is 51.3 Å². The minimum absolute atomic E-state index is 0.0453. The maximum absolute atomic E-state index is 12.6. The maximum Gasteiger partial charge on any atom is 0.243 e. The van der Waals surface area contributed by atoms with Gasteiger partial charge in [-0.15, -0.1) is 0 Å². The standard InChI is InChI=1S/C17H22ClN5O3/c1-3-5-10-15(25)14-16(22(2)17(10)26)20-12(19-14)6-4-9-23-13(24)8-7-11(18)21-23/h10H,3-9H2,1-2H3,(H,19,20). The van der Waals surface area contributed by atoms with Gasteiger partial charge in [0.05, 0.1) is 0 Å². The fraction of sp³-hybridized carbons (Fsp3) is 0.588. The van der Waals surface area contributed by atoms with E-state index >= 15 is 0 Å². The first kappa shape index (κ1) is 18.6. The van der Waals surface area contributed by atoms with Crippen molar-refractivity contribution in [3.05, 3.63) is 11.5 Å². The molecule has 0 bridgehead atoms. The minimum atomic E-state index is -0.631. The minimum Gasteiger partial charge on any atom is -0.338 e. The zero-order chi connectivity index (χ0) is 18.8. The first-order valence-corrected chi connectivity index (χ1v) is 9.24. The lowest BCUT2D eigenvalue weighted by atomic mass is 9.92. The van der Waals surface area contributed by atoms with Crippen molar-refractivity contribution in [3.63, 3.8) is 0 Å². The molecule has 0 radical (unpaired) electrons. The van der Waals surface area contributed by atoms with Crippen LogP contribution in [0.5, 0.6) is 0 Å². The van der Waals surface area contributed by atoms with Gasteiger partial charge < -0.3 is 4.98 Å². The molecule has 0 spiro atoms. The number of imidazole rings is 1.